The first-order chi connectivity index (χ1) is 14.0. The molecule has 0 spiro atoms. The normalized spacial score (nSPS) is 11.7. The van der Waals surface area contributed by atoms with Crippen LogP contribution in [0.5, 0.6) is 5.75 Å². The van der Waals surface area contributed by atoms with E-state index in [1.165, 1.54) is 0 Å². The first kappa shape index (κ1) is 21.6. The number of alkyl halides is 3. The molecule has 0 radical (unpaired) electrons. The van der Waals surface area contributed by atoms with Gasteiger partial charge in [-0.05, 0) is 53.8 Å². The molecule has 2 nitrogen and oxygen atoms in total. The topological polar surface area (TPSA) is 26.3 Å². The maximum absolute atomic E-state index is 14.2. The monoisotopic (exact) mass is 430 g/mol. The van der Waals surface area contributed by atoms with E-state index < -0.39 is 51.9 Å². The third kappa shape index (κ3) is 4.10. The SMILES string of the molecule is CCCc1cc(F)c(C(=O)Oc2ccc3c(F)c(C(F)(F)F)c(F)cc3c2)c(F)c1. The standard InChI is InChI=1S/C21H13F7O2/c1-2-3-10-6-14(22)17(15(23)7-10)20(29)30-12-4-5-13-11(8-12)9-16(24)18(19(13)25)21(26,27)28/h4-9H,2-3H2,1H3. The zero-order valence-electron chi connectivity index (χ0n) is 15.3. The molecule has 3 aromatic carbocycles. The molecule has 0 aliphatic carbocycles. The van der Waals surface area contributed by atoms with Crippen molar-refractivity contribution in [3.05, 3.63) is 76.4 Å². The second-order valence-corrected chi connectivity index (χ2v) is 6.50. The highest BCUT2D eigenvalue weighted by atomic mass is 19.4. The van der Waals surface area contributed by atoms with Gasteiger partial charge >= 0.3 is 12.1 Å². The number of aryl methyl sites for hydroxylation is 1. The van der Waals surface area contributed by atoms with E-state index in [1.54, 1.807) is 6.92 Å². The highest BCUT2D eigenvalue weighted by Crippen LogP contribution is 2.37. The highest BCUT2D eigenvalue weighted by molar-refractivity contribution is 5.93. The summed E-state index contributed by atoms with van der Waals surface area (Å²) in [5, 5.41) is -0.896. The van der Waals surface area contributed by atoms with Gasteiger partial charge < -0.3 is 4.74 Å². The van der Waals surface area contributed by atoms with E-state index in [9.17, 15) is 35.5 Å². The Morgan fingerprint density at radius 3 is 2.13 bits per heavy atom. The van der Waals surface area contributed by atoms with Crippen molar-refractivity contribution < 1.29 is 40.3 Å². The fourth-order valence-electron chi connectivity index (χ4n) is 3.04. The van der Waals surface area contributed by atoms with Crippen molar-refractivity contribution in [2.24, 2.45) is 0 Å². The van der Waals surface area contributed by atoms with Gasteiger partial charge in [-0.15, -0.1) is 0 Å². The predicted molar refractivity (Wildman–Crippen MR) is 94.2 cm³/mol. The molecule has 0 unspecified atom stereocenters. The average molecular weight is 430 g/mol. The van der Waals surface area contributed by atoms with Crippen LogP contribution in [0.15, 0.2) is 36.4 Å². The first-order valence-corrected chi connectivity index (χ1v) is 8.72. The number of rotatable bonds is 4. The Balaban J connectivity index is 1.96. The third-order valence-corrected chi connectivity index (χ3v) is 4.34. The Morgan fingerprint density at radius 1 is 0.933 bits per heavy atom. The molecule has 0 atom stereocenters. The van der Waals surface area contributed by atoms with Crippen molar-refractivity contribution in [2.45, 2.75) is 25.9 Å². The largest absolute Gasteiger partial charge is 0.423 e. The number of carbonyl (C=O) groups is 1. The van der Waals surface area contributed by atoms with Crippen molar-refractivity contribution in [2.75, 3.05) is 0 Å². The predicted octanol–water partition coefficient (Wildman–Crippen LogP) is 6.59. The van der Waals surface area contributed by atoms with Crippen LogP contribution in [0.2, 0.25) is 0 Å². The van der Waals surface area contributed by atoms with Crippen molar-refractivity contribution in [3.63, 3.8) is 0 Å². The molecule has 0 amide bonds. The van der Waals surface area contributed by atoms with E-state index in [2.05, 4.69) is 0 Å². The van der Waals surface area contributed by atoms with E-state index in [0.29, 0.717) is 24.5 Å². The summed E-state index contributed by atoms with van der Waals surface area (Å²) in [4.78, 5) is 12.2. The van der Waals surface area contributed by atoms with E-state index in [-0.39, 0.29) is 11.1 Å². The van der Waals surface area contributed by atoms with Crippen LogP contribution < -0.4 is 4.74 Å². The smallest absolute Gasteiger partial charge is 0.422 e. The number of halogens is 7. The lowest BCUT2D eigenvalue weighted by Crippen LogP contribution is -2.14. The lowest BCUT2D eigenvalue weighted by Gasteiger charge is -2.12. The second-order valence-electron chi connectivity index (χ2n) is 6.50. The van der Waals surface area contributed by atoms with Crippen LogP contribution in [-0.4, -0.2) is 5.97 Å². The molecule has 30 heavy (non-hydrogen) atoms. The van der Waals surface area contributed by atoms with Crippen molar-refractivity contribution in [3.8, 4) is 5.75 Å². The number of esters is 1. The molecule has 9 heteroatoms. The van der Waals surface area contributed by atoms with Crippen LogP contribution in [0, 0.1) is 23.3 Å². The van der Waals surface area contributed by atoms with Gasteiger partial charge in [-0.1, -0.05) is 13.3 Å². The van der Waals surface area contributed by atoms with Crippen LogP contribution in [0.1, 0.15) is 34.8 Å². The van der Waals surface area contributed by atoms with Crippen molar-refractivity contribution in [1.29, 1.82) is 0 Å². The molecular weight excluding hydrogens is 417 g/mol. The first-order valence-electron chi connectivity index (χ1n) is 8.72. The molecule has 3 aromatic rings. The maximum atomic E-state index is 14.2. The minimum atomic E-state index is -5.24. The van der Waals surface area contributed by atoms with E-state index in [4.69, 9.17) is 4.74 Å². The number of fused-ring (bicyclic) bond motifs is 1. The molecule has 0 fully saturated rings. The van der Waals surface area contributed by atoms with Gasteiger partial charge in [0.1, 0.15) is 40.1 Å². The van der Waals surface area contributed by atoms with E-state index in [0.717, 1.165) is 30.3 Å². The maximum Gasteiger partial charge on any atom is 0.422 e. The third-order valence-electron chi connectivity index (χ3n) is 4.34. The van der Waals surface area contributed by atoms with Gasteiger partial charge in [0.15, 0.2) is 0 Å². The summed E-state index contributed by atoms with van der Waals surface area (Å²) in [5.41, 5.74) is -2.66. The van der Waals surface area contributed by atoms with Crippen LogP contribution >= 0.6 is 0 Å². The van der Waals surface area contributed by atoms with E-state index >= 15 is 0 Å². The summed E-state index contributed by atoms with van der Waals surface area (Å²) < 4.78 is 99.5. The van der Waals surface area contributed by atoms with Crippen molar-refractivity contribution >= 4 is 16.7 Å². The fraction of sp³-hybridized carbons (Fsp3) is 0.190. The summed E-state index contributed by atoms with van der Waals surface area (Å²) in [6.45, 7) is 1.81. The zero-order chi connectivity index (χ0) is 22.2. The number of hydrogen-bond donors (Lipinski definition) is 0. The Labute approximate surface area is 165 Å². The molecule has 0 bridgehead atoms. The van der Waals surface area contributed by atoms with Gasteiger partial charge in [0, 0.05) is 5.39 Å². The van der Waals surface area contributed by atoms with E-state index in [1.807, 2.05) is 0 Å². The van der Waals surface area contributed by atoms with Crippen molar-refractivity contribution in [1.82, 2.24) is 0 Å². The minimum absolute atomic E-state index is 0.331. The minimum Gasteiger partial charge on any atom is -0.423 e. The molecule has 0 aromatic heterocycles. The molecule has 0 saturated heterocycles. The number of carbonyl (C=O) groups excluding carboxylic acids is 1. The number of hydrogen-bond acceptors (Lipinski definition) is 2. The van der Waals surface area contributed by atoms with Gasteiger partial charge in [0.25, 0.3) is 0 Å². The van der Waals surface area contributed by atoms with Gasteiger partial charge in [-0.2, -0.15) is 13.2 Å². The second kappa shape index (κ2) is 7.97. The molecular formula is C21H13F7O2. The summed E-state index contributed by atoms with van der Waals surface area (Å²) in [5.74, 6) is -7.71. The average Bonchev–Trinajstić information content (AvgIpc) is 2.59. The molecule has 0 aliphatic rings. The summed E-state index contributed by atoms with van der Waals surface area (Å²) >= 11 is 0. The lowest BCUT2D eigenvalue weighted by molar-refractivity contribution is -0.142. The lowest BCUT2D eigenvalue weighted by atomic mass is 10.0. The molecule has 3 rings (SSSR count). The molecule has 158 valence electrons. The summed E-state index contributed by atoms with van der Waals surface area (Å²) in [7, 11) is 0. The van der Waals surface area contributed by atoms with Gasteiger partial charge in [-0.3, -0.25) is 0 Å². The molecule has 0 heterocycles. The highest BCUT2D eigenvalue weighted by Gasteiger charge is 2.38. The molecule has 0 saturated carbocycles. The van der Waals surface area contributed by atoms with Gasteiger partial charge in [0.05, 0.1) is 0 Å². The number of benzene rings is 3. The van der Waals surface area contributed by atoms with Crippen LogP contribution in [-0.2, 0) is 12.6 Å². The zero-order valence-corrected chi connectivity index (χ0v) is 15.3. The quantitative estimate of drug-likeness (QED) is 0.265. The Morgan fingerprint density at radius 2 is 1.57 bits per heavy atom. The fourth-order valence-corrected chi connectivity index (χ4v) is 3.04. The summed E-state index contributed by atoms with van der Waals surface area (Å²) in [6, 6.07) is 5.09. The Bertz CT molecular complexity index is 1110. The molecule has 0 N–H and O–H groups in total. The van der Waals surface area contributed by atoms with Crippen LogP contribution in [0.25, 0.3) is 10.8 Å². The van der Waals surface area contributed by atoms with Gasteiger partial charge in [0.2, 0.25) is 0 Å². The number of ether oxygens (including phenoxy) is 1. The Hall–Kier alpha value is -3.10. The Kier molecular flexibility index (Phi) is 5.74. The molecule has 0 aliphatic heterocycles. The van der Waals surface area contributed by atoms with Crippen LogP contribution in [0.3, 0.4) is 0 Å². The van der Waals surface area contributed by atoms with Crippen LogP contribution in [0.4, 0.5) is 30.7 Å². The summed E-state index contributed by atoms with van der Waals surface area (Å²) in [6.07, 6.45) is -4.22. The van der Waals surface area contributed by atoms with Gasteiger partial charge in [-0.25, -0.2) is 22.4 Å².